The topological polar surface area (TPSA) is 146 Å². The van der Waals surface area contributed by atoms with Crippen molar-refractivity contribution in [2.24, 2.45) is 5.73 Å². The van der Waals surface area contributed by atoms with Crippen LogP contribution in [0.5, 0.6) is 0 Å². The molecular formula is C21H23N3O5. The molecule has 0 saturated carbocycles. The number of aromatic nitrogens is 1. The Hall–Kier alpha value is -3.65. The van der Waals surface area contributed by atoms with Gasteiger partial charge < -0.3 is 26.2 Å². The van der Waals surface area contributed by atoms with Crippen LogP contribution in [0.15, 0.2) is 48.5 Å². The number of hydrogen-bond donors (Lipinski definition) is 5. The fourth-order valence-corrected chi connectivity index (χ4v) is 2.83. The second kappa shape index (κ2) is 10.0. The molecule has 0 aliphatic rings. The molecule has 29 heavy (non-hydrogen) atoms. The molecule has 3 rings (SSSR count). The van der Waals surface area contributed by atoms with E-state index in [1.807, 2.05) is 30.3 Å². The lowest BCUT2D eigenvalue weighted by molar-refractivity contribution is -0.134. The smallest absolute Gasteiger partial charge is 0.352 e. The number of amides is 1. The van der Waals surface area contributed by atoms with Crippen LogP contribution in [0.4, 0.5) is 5.69 Å². The second-order valence-corrected chi connectivity index (χ2v) is 6.28. The fourth-order valence-electron chi connectivity index (χ4n) is 2.83. The number of H-pyrrole nitrogens is 1. The molecule has 0 aliphatic carbocycles. The molecule has 8 nitrogen and oxygen atoms in total. The Morgan fingerprint density at radius 1 is 1.07 bits per heavy atom. The van der Waals surface area contributed by atoms with Crippen molar-refractivity contribution in [2.45, 2.75) is 19.8 Å². The van der Waals surface area contributed by atoms with Gasteiger partial charge in [-0.2, -0.15) is 0 Å². The van der Waals surface area contributed by atoms with E-state index in [1.54, 1.807) is 18.2 Å². The first-order valence-electron chi connectivity index (χ1n) is 8.97. The highest BCUT2D eigenvalue weighted by Crippen LogP contribution is 2.25. The molecule has 0 radical (unpaired) electrons. The lowest BCUT2D eigenvalue weighted by Crippen LogP contribution is -2.11. The van der Waals surface area contributed by atoms with Crippen LogP contribution in [0.1, 0.15) is 39.8 Å². The van der Waals surface area contributed by atoms with E-state index in [1.165, 1.54) is 0 Å². The van der Waals surface area contributed by atoms with Crippen LogP contribution in [0.2, 0.25) is 0 Å². The molecule has 6 N–H and O–H groups in total. The number of carboxylic acid groups (broad SMARTS) is 2. The number of aryl methyl sites for hydroxylation is 1. The van der Waals surface area contributed by atoms with E-state index in [9.17, 15) is 14.7 Å². The molecule has 0 fully saturated rings. The fraction of sp³-hybridized carbons (Fsp3) is 0.190. The average Bonchev–Trinajstić information content (AvgIpc) is 3.04. The molecule has 152 valence electrons. The SMILES string of the molecule is CC(=O)O.NCCCc1c(C(=O)O)[nH]c2ccc(C(=O)Nc3ccccc3)cc12. The van der Waals surface area contributed by atoms with Crippen molar-refractivity contribution in [3.8, 4) is 0 Å². The average molecular weight is 397 g/mol. The Labute approximate surface area is 167 Å². The number of rotatable bonds is 6. The van der Waals surface area contributed by atoms with Gasteiger partial charge in [-0.1, -0.05) is 18.2 Å². The normalized spacial score (nSPS) is 10.1. The van der Waals surface area contributed by atoms with Gasteiger partial charge in [-0.25, -0.2) is 4.79 Å². The summed E-state index contributed by atoms with van der Waals surface area (Å²) >= 11 is 0. The standard InChI is InChI=1S/C19H19N3O3.C2H4O2/c20-10-4-7-14-15-11-12(8-9-16(15)22-17(14)19(24)25)18(23)21-13-5-2-1-3-6-13;1-2(3)4/h1-3,5-6,8-9,11,22H,4,7,10,20H2,(H,21,23)(H,24,25);1H3,(H,3,4). The molecule has 1 aromatic heterocycles. The van der Waals surface area contributed by atoms with E-state index < -0.39 is 11.9 Å². The molecule has 0 unspecified atom stereocenters. The summed E-state index contributed by atoms with van der Waals surface area (Å²) < 4.78 is 0. The minimum absolute atomic E-state index is 0.157. The number of benzene rings is 2. The Kier molecular flexibility index (Phi) is 7.50. The highest BCUT2D eigenvalue weighted by Gasteiger charge is 2.18. The summed E-state index contributed by atoms with van der Waals surface area (Å²) in [5, 5.41) is 20.4. The summed E-state index contributed by atoms with van der Waals surface area (Å²) in [4.78, 5) is 35.9. The third kappa shape index (κ3) is 5.91. The van der Waals surface area contributed by atoms with Gasteiger partial charge in [0, 0.05) is 29.1 Å². The van der Waals surface area contributed by atoms with E-state index in [-0.39, 0.29) is 11.6 Å². The van der Waals surface area contributed by atoms with Crippen molar-refractivity contribution in [3.05, 3.63) is 65.4 Å². The van der Waals surface area contributed by atoms with E-state index in [4.69, 9.17) is 15.6 Å². The molecule has 8 heteroatoms. The number of anilines is 1. The Bertz CT molecular complexity index is 1010. The zero-order valence-corrected chi connectivity index (χ0v) is 15.9. The van der Waals surface area contributed by atoms with Gasteiger partial charge in [0.2, 0.25) is 0 Å². The van der Waals surface area contributed by atoms with Crippen molar-refractivity contribution >= 4 is 34.4 Å². The molecule has 3 aromatic rings. The number of carboxylic acids is 2. The third-order valence-corrected chi connectivity index (χ3v) is 4.04. The Morgan fingerprint density at radius 3 is 2.31 bits per heavy atom. The summed E-state index contributed by atoms with van der Waals surface area (Å²) in [6.45, 7) is 1.56. The van der Waals surface area contributed by atoms with Gasteiger partial charge in [-0.3, -0.25) is 9.59 Å². The highest BCUT2D eigenvalue weighted by molar-refractivity contribution is 6.07. The van der Waals surface area contributed by atoms with Crippen molar-refractivity contribution < 1.29 is 24.6 Å². The molecular weight excluding hydrogens is 374 g/mol. The number of carbonyl (C=O) groups is 3. The monoisotopic (exact) mass is 397 g/mol. The van der Waals surface area contributed by atoms with E-state index in [0.29, 0.717) is 41.7 Å². The van der Waals surface area contributed by atoms with Gasteiger partial charge in [0.15, 0.2) is 0 Å². The van der Waals surface area contributed by atoms with Gasteiger partial charge in [0.25, 0.3) is 11.9 Å². The van der Waals surface area contributed by atoms with Crippen LogP contribution >= 0.6 is 0 Å². The molecule has 0 saturated heterocycles. The lowest BCUT2D eigenvalue weighted by atomic mass is 10.0. The van der Waals surface area contributed by atoms with Crippen LogP contribution in [0, 0.1) is 0 Å². The van der Waals surface area contributed by atoms with E-state index in [2.05, 4.69) is 10.3 Å². The largest absolute Gasteiger partial charge is 0.481 e. The first kappa shape index (κ1) is 21.6. The first-order chi connectivity index (χ1) is 13.8. The van der Waals surface area contributed by atoms with Gasteiger partial charge in [-0.05, 0) is 55.3 Å². The number of hydrogen-bond acceptors (Lipinski definition) is 4. The highest BCUT2D eigenvalue weighted by atomic mass is 16.4. The predicted molar refractivity (Wildman–Crippen MR) is 110 cm³/mol. The number of aromatic amines is 1. The minimum Gasteiger partial charge on any atom is -0.481 e. The van der Waals surface area contributed by atoms with Crippen LogP contribution < -0.4 is 11.1 Å². The number of carbonyl (C=O) groups excluding carboxylic acids is 1. The summed E-state index contributed by atoms with van der Waals surface area (Å²) in [5.74, 6) is -2.09. The van der Waals surface area contributed by atoms with Crippen LogP contribution in [0.3, 0.4) is 0 Å². The third-order valence-electron chi connectivity index (χ3n) is 4.04. The molecule has 1 amide bonds. The summed E-state index contributed by atoms with van der Waals surface area (Å²) in [6, 6.07) is 14.3. The lowest BCUT2D eigenvalue weighted by Gasteiger charge is -2.06. The van der Waals surface area contributed by atoms with Gasteiger partial charge >= 0.3 is 5.97 Å². The molecule has 1 heterocycles. The van der Waals surface area contributed by atoms with Gasteiger partial charge in [0.1, 0.15) is 5.69 Å². The minimum atomic E-state index is -1.02. The van der Waals surface area contributed by atoms with Crippen molar-refractivity contribution in [2.75, 3.05) is 11.9 Å². The summed E-state index contributed by atoms with van der Waals surface area (Å²) in [7, 11) is 0. The van der Waals surface area contributed by atoms with Gasteiger partial charge in [-0.15, -0.1) is 0 Å². The summed E-state index contributed by atoms with van der Waals surface area (Å²) in [5.41, 5.74) is 8.27. The maximum absolute atomic E-state index is 12.5. The molecule has 0 bridgehead atoms. The Balaban J connectivity index is 0.000000687. The van der Waals surface area contributed by atoms with Gasteiger partial charge in [0.05, 0.1) is 0 Å². The van der Waals surface area contributed by atoms with Crippen molar-refractivity contribution in [1.29, 1.82) is 0 Å². The Morgan fingerprint density at radius 2 is 1.72 bits per heavy atom. The second-order valence-electron chi connectivity index (χ2n) is 6.28. The van der Waals surface area contributed by atoms with Crippen LogP contribution in [0.25, 0.3) is 10.9 Å². The number of fused-ring (bicyclic) bond motifs is 1. The zero-order valence-electron chi connectivity index (χ0n) is 15.9. The van der Waals surface area contributed by atoms with Crippen LogP contribution in [-0.2, 0) is 11.2 Å². The van der Waals surface area contributed by atoms with Crippen LogP contribution in [-0.4, -0.2) is 39.6 Å². The zero-order chi connectivity index (χ0) is 21.4. The summed E-state index contributed by atoms with van der Waals surface area (Å²) in [6.07, 6.45) is 1.22. The quantitative estimate of drug-likeness (QED) is 0.432. The number of aliphatic carboxylic acids is 1. The van der Waals surface area contributed by atoms with E-state index in [0.717, 1.165) is 12.3 Å². The predicted octanol–water partition coefficient (Wildman–Crippen LogP) is 3.10. The maximum atomic E-state index is 12.5. The molecule has 0 atom stereocenters. The number of para-hydroxylation sites is 1. The molecule has 2 aromatic carbocycles. The first-order valence-corrected chi connectivity index (χ1v) is 8.97. The molecule has 0 spiro atoms. The maximum Gasteiger partial charge on any atom is 0.352 e. The van der Waals surface area contributed by atoms with Crippen molar-refractivity contribution in [1.82, 2.24) is 4.98 Å². The number of nitrogens with one attached hydrogen (secondary N) is 2. The van der Waals surface area contributed by atoms with Crippen molar-refractivity contribution in [3.63, 3.8) is 0 Å². The number of aromatic carboxylic acids is 1. The molecule has 0 aliphatic heterocycles. The number of nitrogens with two attached hydrogens (primary N) is 1. The van der Waals surface area contributed by atoms with E-state index >= 15 is 0 Å².